The molecule has 0 nitrogen and oxygen atoms in total. The Morgan fingerprint density at radius 2 is 1.38 bits per heavy atom. The van der Waals surface area contributed by atoms with E-state index in [1.807, 2.05) is 0 Å². The van der Waals surface area contributed by atoms with Gasteiger partial charge in [-0.25, -0.2) is 0 Å². The molecular weight excluding hydrogens is 136 g/mol. The molecule has 0 fully saturated rings. The molecule has 0 aliphatic heterocycles. The Kier molecular flexibility index (Phi) is 13.7. The van der Waals surface area contributed by atoms with Crippen molar-refractivity contribution in [2.45, 2.75) is 13.1 Å². The zero-order valence-corrected chi connectivity index (χ0v) is 7.43. The van der Waals surface area contributed by atoms with Gasteiger partial charge in [-0.05, 0) is 0 Å². The minimum absolute atomic E-state index is 0.667. The molecule has 0 rings (SSSR count). The molecule has 8 heavy (non-hydrogen) atoms. The number of halogens is 1. The topological polar surface area (TPSA) is 0 Å². The quantitative estimate of drug-likeness (QED) is 0.305. The van der Waals surface area contributed by atoms with Crippen LogP contribution in [0.25, 0.3) is 0 Å². The summed E-state index contributed by atoms with van der Waals surface area (Å²) in [7, 11) is -0.667. The molecular formula is C6H13ClSi. The normalized spacial score (nSPS) is 7.00. The fourth-order valence-electron chi connectivity index (χ4n) is 0. The molecule has 0 saturated carbocycles. The third kappa shape index (κ3) is 153. The Morgan fingerprint density at radius 3 is 1.38 bits per heavy atom. The van der Waals surface area contributed by atoms with Gasteiger partial charge in [0.05, 0.1) is 0 Å². The SMILES string of the molecule is C=CC=C.C[SiH](C)Cl. The molecule has 0 unspecified atom stereocenters. The van der Waals surface area contributed by atoms with E-state index in [1.165, 1.54) is 0 Å². The van der Waals surface area contributed by atoms with E-state index < -0.39 is 8.11 Å². The van der Waals surface area contributed by atoms with E-state index in [0.29, 0.717) is 0 Å². The Hall–Kier alpha value is -0.0131. The van der Waals surface area contributed by atoms with Crippen molar-refractivity contribution in [2.75, 3.05) is 0 Å². The maximum atomic E-state index is 5.41. The molecule has 0 bridgehead atoms. The van der Waals surface area contributed by atoms with Crippen LogP contribution in [0.4, 0.5) is 0 Å². The second kappa shape index (κ2) is 10.1. The minimum atomic E-state index is -0.667. The van der Waals surface area contributed by atoms with Crippen LogP contribution in [-0.2, 0) is 0 Å². The van der Waals surface area contributed by atoms with Crippen molar-refractivity contribution in [1.29, 1.82) is 0 Å². The van der Waals surface area contributed by atoms with Crippen molar-refractivity contribution in [1.82, 2.24) is 0 Å². The molecule has 0 aromatic carbocycles. The summed E-state index contributed by atoms with van der Waals surface area (Å²) in [6.07, 6.45) is 3.28. The van der Waals surface area contributed by atoms with Crippen LogP contribution in [0, 0.1) is 0 Å². The van der Waals surface area contributed by atoms with Gasteiger partial charge in [-0.2, -0.15) is 11.1 Å². The lowest BCUT2D eigenvalue weighted by Crippen LogP contribution is -1.78. The number of hydrogen-bond donors (Lipinski definition) is 0. The van der Waals surface area contributed by atoms with Gasteiger partial charge in [-0.3, -0.25) is 0 Å². The van der Waals surface area contributed by atoms with Crippen molar-refractivity contribution in [2.24, 2.45) is 0 Å². The van der Waals surface area contributed by atoms with Crippen LogP contribution >= 0.6 is 11.1 Å². The lowest BCUT2D eigenvalue weighted by molar-refractivity contribution is 2.10. The van der Waals surface area contributed by atoms with Crippen LogP contribution in [0.15, 0.2) is 25.3 Å². The van der Waals surface area contributed by atoms with Gasteiger partial charge >= 0.3 is 0 Å². The highest BCUT2D eigenvalue weighted by molar-refractivity contribution is 7.05. The Balaban J connectivity index is 0. The molecule has 0 radical (unpaired) electrons. The van der Waals surface area contributed by atoms with E-state index in [1.54, 1.807) is 12.2 Å². The summed E-state index contributed by atoms with van der Waals surface area (Å²) >= 11 is 5.41. The minimum Gasteiger partial charge on any atom is -0.172 e. The summed E-state index contributed by atoms with van der Waals surface area (Å²) < 4.78 is 0. The highest BCUT2D eigenvalue weighted by atomic mass is 35.6. The average Bonchev–Trinajstić information content (AvgIpc) is 1.65. The Labute approximate surface area is 58.2 Å². The first-order valence-electron chi connectivity index (χ1n) is 2.52. The molecule has 0 heterocycles. The number of hydrogen-bond acceptors (Lipinski definition) is 0. The second-order valence-electron chi connectivity index (χ2n) is 1.49. The molecule has 0 aromatic heterocycles. The third-order valence-electron chi connectivity index (χ3n) is 0.167. The molecule has 0 spiro atoms. The summed E-state index contributed by atoms with van der Waals surface area (Å²) in [6, 6.07) is 0. The van der Waals surface area contributed by atoms with Crippen LogP contribution in [0.5, 0.6) is 0 Å². The molecule has 0 amide bonds. The molecule has 0 N–H and O–H groups in total. The summed E-state index contributed by atoms with van der Waals surface area (Å²) in [6.45, 7) is 10.9. The predicted octanol–water partition coefficient (Wildman–Crippen LogP) is 2.57. The van der Waals surface area contributed by atoms with Gasteiger partial charge in [0.25, 0.3) is 0 Å². The molecule has 0 saturated heterocycles. The van der Waals surface area contributed by atoms with Gasteiger partial charge in [0.2, 0.25) is 0 Å². The van der Waals surface area contributed by atoms with E-state index in [2.05, 4.69) is 26.3 Å². The Bertz CT molecular complexity index is 50.8. The average molecular weight is 149 g/mol. The number of allylic oxidation sites excluding steroid dienone is 2. The molecule has 2 heteroatoms. The fraction of sp³-hybridized carbons (Fsp3) is 0.333. The van der Waals surface area contributed by atoms with Gasteiger partial charge in [-0.1, -0.05) is 38.4 Å². The third-order valence-corrected chi connectivity index (χ3v) is 0.167. The lowest BCUT2D eigenvalue weighted by atomic mass is 10.6. The van der Waals surface area contributed by atoms with Gasteiger partial charge in [0.15, 0.2) is 0 Å². The zero-order chi connectivity index (χ0) is 6.99. The maximum absolute atomic E-state index is 5.41. The summed E-state index contributed by atoms with van der Waals surface area (Å²) in [5.41, 5.74) is 0. The van der Waals surface area contributed by atoms with Crippen LogP contribution in [0.1, 0.15) is 0 Å². The summed E-state index contributed by atoms with van der Waals surface area (Å²) in [5, 5.41) is 0. The van der Waals surface area contributed by atoms with E-state index in [0.717, 1.165) is 0 Å². The van der Waals surface area contributed by atoms with Gasteiger partial charge in [0, 0.05) is 0 Å². The molecule has 48 valence electrons. The molecule has 0 aliphatic rings. The van der Waals surface area contributed by atoms with Crippen molar-refractivity contribution < 1.29 is 0 Å². The van der Waals surface area contributed by atoms with Crippen LogP contribution < -0.4 is 0 Å². The van der Waals surface area contributed by atoms with E-state index in [9.17, 15) is 0 Å². The van der Waals surface area contributed by atoms with Crippen molar-refractivity contribution in [3.8, 4) is 0 Å². The Morgan fingerprint density at radius 1 is 1.25 bits per heavy atom. The van der Waals surface area contributed by atoms with Crippen molar-refractivity contribution in [3.05, 3.63) is 25.3 Å². The first-order valence-corrected chi connectivity index (χ1v) is 6.58. The van der Waals surface area contributed by atoms with E-state index >= 15 is 0 Å². The first kappa shape index (κ1) is 10.9. The first-order chi connectivity index (χ1) is 3.65. The van der Waals surface area contributed by atoms with Crippen molar-refractivity contribution in [3.63, 3.8) is 0 Å². The molecule has 0 aliphatic carbocycles. The zero-order valence-electron chi connectivity index (χ0n) is 5.52. The van der Waals surface area contributed by atoms with Crippen LogP contribution in [0.3, 0.4) is 0 Å². The van der Waals surface area contributed by atoms with E-state index in [4.69, 9.17) is 11.1 Å². The summed E-state index contributed by atoms with van der Waals surface area (Å²) in [4.78, 5) is 0. The second-order valence-corrected chi connectivity index (χ2v) is 6.13. The van der Waals surface area contributed by atoms with Gasteiger partial charge < -0.3 is 0 Å². The smallest absolute Gasteiger partial charge is 0.134 e. The predicted molar refractivity (Wildman–Crippen MR) is 45.1 cm³/mol. The van der Waals surface area contributed by atoms with E-state index in [-0.39, 0.29) is 0 Å². The standard InChI is InChI=1S/C4H6.C2H7ClSi/c1-3-4-2;1-4(2)3/h3-4H,1-2H2;4H,1-2H3. The highest BCUT2D eigenvalue weighted by Gasteiger charge is 1.76. The van der Waals surface area contributed by atoms with Gasteiger partial charge in [0.1, 0.15) is 8.11 Å². The highest BCUT2D eigenvalue weighted by Crippen LogP contribution is 1.79. The van der Waals surface area contributed by atoms with Gasteiger partial charge in [-0.15, -0.1) is 0 Å². The lowest BCUT2D eigenvalue weighted by Gasteiger charge is -1.72. The monoisotopic (exact) mass is 148 g/mol. The van der Waals surface area contributed by atoms with Crippen LogP contribution in [-0.4, -0.2) is 8.11 Å². The fourth-order valence-corrected chi connectivity index (χ4v) is 0. The number of rotatable bonds is 1. The maximum Gasteiger partial charge on any atom is 0.134 e. The van der Waals surface area contributed by atoms with Crippen molar-refractivity contribution >= 4 is 19.2 Å². The molecule has 0 aromatic rings. The molecule has 0 atom stereocenters. The van der Waals surface area contributed by atoms with Crippen LogP contribution in [0.2, 0.25) is 13.1 Å². The largest absolute Gasteiger partial charge is 0.172 e. The summed E-state index contributed by atoms with van der Waals surface area (Å²) in [5.74, 6) is 0.